The largest absolute Gasteiger partial charge is 0.349 e. The molecule has 5 aliphatic carbocycles. The van der Waals surface area contributed by atoms with Crippen molar-refractivity contribution in [1.82, 2.24) is 10.6 Å². The Morgan fingerprint density at radius 3 is 2.23 bits per heavy atom. The van der Waals surface area contributed by atoms with Crippen LogP contribution in [0.4, 0.5) is 5.69 Å². The van der Waals surface area contributed by atoms with E-state index in [1.807, 2.05) is 18.2 Å². The first-order valence-electron chi connectivity index (χ1n) is 12.0. The van der Waals surface area contributed by atoms with Gasteiger partial charge in [0, 0.05) is 17.3 Å². The minimum Gasteiger partial charge on any atom is -0.349 e. The molecular formula is C25H33N3O2S. The summed E-state index contributed by atoms with van der Waals surface area (Å²) in [4.78, 5) is 25.8. The number of hydrogen-bond donors (Lipinski definition) is 3. The normalized spacial score (nSPS) is 31.8. The molecule has 0 aromatic heterocycles. The van der Waals surface area contributed by atoms with Gasteiger partial charge in [-0.1, -0.05) is 25.3 Å². The smallest absolute Gasteiger partial charge is 0.251 e. The fourth-order valence-electron chi connectivity index (χ4n) is 7.04. The summed E-state index contributed by atoms with van der Waals surface area (Å²) in [5.74, 6) is 2.21. The number of anilines is 1. The molecule has 5 saturated carbocycles. The van der Waals surface area contributed by atoms with E-state index in [2.05, 4.69) is 16.0 Å². The summed E-state index contributed by atoms with van der Waals surface area (Å²) >= 11 is 5.46. The second-order valence-electron chi connectivity index (χ2n) is 10.5. The number of thiocarbonyl (C=S) groups is 1. The van der Waals surface area contributed by atoms with Crippen LogP contribution in [0.1, 0.15) is 81.0 Å². The van der Waals surface area contributed by atoms with Gasteiger partial charge in [-0.3, -0.25) is 9.59 Å². The third-order valence-corrected chi connectivity index (χ3v) is 8.27. The van der Waals surface area contributed by atoms with Crippen molar-refractivity contribution in [3.63, 3.8) is 0 Å². The molecule has 0 saturated heterocycles. The molecular weight excluding hydrogens is 406 g/mol. The number of carbonyl (C=O) groups is 2. The number of benzene rings is 1. The van der Waals surface area contributed by atoms with Gasteiger partial charge in [-0.15, -0.1) is 0 Å². The first-order chi connectivity index (χ1) is 15.0. The van der Waals surface area contributed by atoms with Gasteiger partial charge in [0.25, 0.3) is 5.91 Å². The van der Waals surface area contributed by atoms with Crippen molar-refractivity contribution in [1.29, 1.82) is 0 Å². The maximum Gasteiger partial charge on any atom is 0.251 e. The molecule has 0 spiro atoms. The topological polar surface area (TPSA) is 70.2 Å². The van der Waals surface area contributed by atoms with Crippen molar-refractivity contribution in [3.8, 4) is 0 Å². The average Bonchev–Trinajstić information content (AvgIpc) is 2.73. The Hall–Kier alpha value is -1.95. The van der Waals surface area contributed by atoms with Crippen molar-refractivity contribution in [3.05, 3.63) is 29.8 Å². The first kappa shape index (κ1) is 20.9. The SMILES string of the molecule is O=C(NC1CCCCC1)c1cccc(NC(=S)NC(=O)C23CC4CC(CC(C4)C2)C3)c1. The van der Waals surface area contributed by atoms with Gasteiger partial charge < -0.3 is 16.0 Å². The Bertz CT molecular complexity index is 842. The Labute approximate surface area is 190 Å². The zero-order valence-corrected chi connectivity index (χ0v) is 18.9. The van der Waals surface area contributed by atoms with Crippen molar-refractivity contribution < 1.29 is 9.59 Å². The van der Waals surface area contributed by atoms with Gasteiger partial charge in [0.15, 0.2) is 5.11 Å². The zero-order chi connectivity index (χ0) is 21.4. The second kappa shape index (κ2) is 8.53. The average molecular weight is 440 g/mol. The van der Waals surface area contributed by atoms with E-state index >= 15 is 0 Å². The number of nitrogens with one attached hydrogen (secondary N) is 3. The Kier molecular flexibility index (Phi) is 5.76. The van der Waals surface area contributed by atoms with E-state index < -0.39 is 0 Å². The summed E-state index contributed by atoms with van der Waals surface area (Å²) in [6, 6.07) is 7.63. The molecule has 0 aliphatic heterocycles. The van der Waals surface area contributed by atoms with Gasteiger partial charge in [-0.2, -0.15) is 0 Å². The van der Waals surface area contributed by atoms with Crippen molar-refractivity contribution in [2.45, 2.75) is 76.7 Å². The van der Waals surface area contributed by atoms with E-state index in [1.54, 1.807) is 6.07 Å². The summed E-state index contributed by atoms with van der Waals surface area (Å²) in [6.45, 7) is 0. The number of rotatable bonds is 4. The van der Waals surface area contributed by atoms with Gasteiger partial charge >= 0.3 is 0 Å². The standard InChI is InChI=1S/C25H33N3O2S/c29-22(26-20-6-2-1-3-7-20)19-5-4-8-21(12-19)27-24(31)28-23(30)25-13-16-9-17(14-25)11-18(10-16)15-25/h4-5,8,12,16-18,20H,1-3,6-7,9-11,13-15H2,(H,26,29)(H2,27,28,30,31). The molecule has 0 atom stereocenters. The minimum atomic E-state index is -0.220. The first-order valence-corrected chi connectivity index (χ1v) is 12.4. The Balaban J connectivity index is 1.18. The predicted molar refractivity (Wildman–Crippen MR) is 126 cm³/mol. The minimum absolute atomic E-state index is 0.0425. The van der Waals surface area contributed by atoms with E-state index in [0.717, 1.165) is 55.5 Å². The molecule has 4 bridgehead atoms. The monoisotopic (exact) mass is 439 g/mol. The lowest BCUT2D eigenvalue weighted by molar-refractivity contribution is -0.144. The fourth-order valence-corrected chi connectivity index (χ4v) is 7.25. The molecule has 1 aromatic carbocycles. The maximum atomic E-state index is 13.2. The summed E-state index contributed by atoms with van der Waals surface area (Å²) < 4.78 is 0. The molecule has 31 heavy (non-hydrogen) atoms. The van der Waals surface area contributed by atoms with Crippen molar-refractivity contribution in [2.75, 3.05) is 5.32 Å². The van der Waals surface area contributed by atoms with Crippen LogP contribution < -0.4 is 16.0 Å². The zero-order valence-electron chi connectivity index (χ0n) is 18.1. The molecule has 0 radical (unpaired) electrons. The maximum absolute atomic E-state index is 13.2. The molecule has 3 N–H and O–H groups in total. The molecule has 166 valence electrons. The second-order valence-corrected chi connectivity index (χ2v) is 10.9. The molecule has 0 unspecified atom stereocenters. The van der Waals surface area contributed by atoms with Gasteiger partial charge in [-0.25, -0.2) is 0 Å². The molecule has 6 heteroatoms. The quantitative estimate of drug-likeness (QED) is 0.591. The number of carbonyl (C=O) groups excluding carboxylic acids is 2. The molecule has 2 amide bonds. The van der Waals surface area contributed by atoms with Crippen LogP contribution in [0.15, 0.2) is 24.3 Å². The Morgan fingerprint density at radius 1 is 0.935 bits per heavy atom. The lowest BCUT2D eigenvalue weighted by atomic mass is 9.49. The van der Waals surface area contributed by atoms with E-state index in [0.29, 0.717) is 10.7 Å². The lowest BCUT2D eigenvalue weighted by Crippen LogP contribution is -2.55. The van der Waals surface area contributed by atoms with E-state index in [4.69, 9.17) is 12.2 Å². The number of amides is 2. The highest BCUT2D eigenvalue weighted by molar-refractivity contribution is 7.80. The molecule has 5 aliphatic rings. The molecule has 5 nitrogen and oxygen atoms in total. The molecule has 5 fully saturated rings. The lowest BCUT2D eigenvalue weighted by Gasteiger charge is -2.55. The van der Waals surface area contributed by atoms with Gasteiger partial charge in [0.05, 0.1) is 5.41 Å². The van der Waals surface area contributed by atoms with Crippen LogP contribution in [0.3, 0.4) is 0 Å². The number of hydrogen-bond acceptors (Lipinski definition) is 3. The fraction of sp³-hybridized carbons (Fsp3) is 0.640. The highest BCUT2D eigenvalue weighted by Crippen LogP contribution is 2.60. The molecule has 1 aromatic rings. The van der Waals surface area contributed by atoms with E-state index in [9.17, 15) is 9.59 Å². The third-order valence-electron chi connectivity index (χ3n) is 8.07. The third kappa shape index (κ3) is 4.50. The summed E-state index contributed by atoms with van der Waals surface area (Å²) in [7, 11) is 0. The van der Waals surface area contributed by atoms with Crippen LogP contribution in [-0.4, -0.2) is 23.0 Å². The summed E-state index contributed by atoms with van der Waals surface area (Å²) in [6.07, 6.45) is 12.7. The van der Waals surface area contributed by atoms with E-state index in [1.165, 1.54) is 38.5 Å². The Morgan fingerprint density at radius 2 is 1.58 bits per heavy atom. The van der Waals surface area contributed by atoms with Crippen LogP contribution in [0.25, 0.3) is 0 Å². The van der Waals surface area contributed by atoms with Crippen molar-refractivity contribution >= 4 is 34.8 Å². The van der Waals surface area contributed by atoms with E-state index in [-0.39, 0.29) is 23.3 Å². The van der Waals surface area contributed by atoms with Gasteiger partial charge in [0.2, 0.25) is 5.91 Å². The highest BCUT2D eigenvalue weighted by Gasteiger charge is 2.54. The summed E-state index contributed by atoms with van der Waals surface area (Å²) in [5, 5.41) is 9.58. The van der Waals surface area contributed by atoms with Gasteiger partial charge in [0.1, 0.15) is 0 Å². The van der Waals surface area contributed by atoms with Crippen LogP contribution >= 0.6 is 12.2 Å². The van der Waals surface area contributed by atoms with Crippen molar-refractivity contribution in [2.24, 2.45) is 23.2 Å². The molecule has 0 heterocycles. The highest BCUT2D eigenvalue weighted by atomic mass is 32.1. The van der Waals surface area contributed by atoms with Crippen LogP contribution in [0, 0.1) is 23.2 Å². The molecule has 6 rings (SSSR count). The predicted octanol–water partition coefficient (Wildman–Crippen LogP) is 4.78. The van der Waals surface area contributed by atoms with Crippen LogP contribution in [0.2, 0.25) is 0 Å². The van der Waals surface area contributed by atoms with Crippen LogP contribution in [0.5, 0.6) is 0 Å². The van der Waals surface area contributed by atoms with Gasteiger partial charge in [-0.05, 0) is 99.5 Å². The summed E-state index contributed by atoms with van der Waals surface area (Å²) in [5.41, 5.74) is 1.13. The van der Waals surface area contributed by atoms with Crippen LogP contribution in [-0.2, 0) is 4.79 Å².